The number of ether oxygens (including phenoxy) is 1. The van der Waals surface area contributed by atoms with E-state index < -0.39 is 17.7 Å². The van der Waals surface area contributed by atoms with E-state index in [1.165, 1.54) is 11.3 Å². The molecule has 2 aliphatic rings. The standard InChI is InChI=1S/C22H24N2O4S/c1-13-11-15-12-14(6-7-16(15)28-13)20(25)18-19(17-5-4-10-29-17)24(9-8-23(2)3)22(27)21(18)26/h4-7,10,12-13,19,25H,8-9,11H2,1-3H3/t13-,19-/m0/s1. The van der Waals surface area contributed by atoms with E-state index in [1.807, 2.05) is 55.6 Å². The van der Waals surface area contributed by atoms with Gasteiger partial charge in [-0.15, -0.1) is 11.3 Å². The number of ketones is 1. The molecule has 29 heavy (non-hydrogen) atoms. The van der Waals surface area contributed by atoms with Crippen LogP contribution in [0.4, 0.5) is 0 Å². The Labute approximate surface area is 174 Å². The van der Waals surface area contributed by atoms with Crippen LogP contribution in [-0.4, -0.2) is 59.9 Å². The number of likely N-dealkylation sites (tertiary alicyclic amines) is 1. The van der Waals surface area contributed by atoms with Crippen molar-refractivity contribution in [3.63, 3.8) is 0 Å². The number of carbonyl (C=O) groups is 2. The van der Waals surface area contributed by atoms with Crippen LogP contribution < -0.4 is 4.74 Å². The molecule has 1 aromatic carbocycles. The van der Waals surface area contributed by atoms with E-state index in [4.69, 9.17) is 4.74 Å². The number of carbonyl (C=O) groups excluding carboxylic acids is 2. The van der Waals surface area contributed by atoms with Crippen LogP contribution in [0.5, 0.6) is 5.75 Å². The Bertz CT molecular complexity index is 981. The Balaban J connectivity index is 1.78. The summed E-state index contributed by atoms with van der Waals surface area (Å²) in [6.45, 7) is 3.03. The van der Waals surface area contributed by atoms with E-state index in [-0.39, 0.29) is 17.4 Å². The Morgan fingerprint density at radius 1 is 1.31 bits per heavy atom. The lowest BCUT2D eigenvalue weighted by molar-refractivity contribution is -0.140. The monoisotopic (exact) mass is 412 g/mol. The number of nitrogens with zero attached hydrogens (tertiary/aromatic N) is 2. The fourth-order valence-electron chi connectivity index (χ4n) is 3.89. The Morgan fingerprint density at radius 2 is 2.10 bits per heavy atom. The van der Waals surface area contributed by atoms with Crippen molar-refractivity contribution in [3.8, 4) is 5.75 Å². The number of Topliss-reactive ketones (excluding diaryl/α,β-unsaturated/α-hetero) is 1. The van der Waals surface area contributed by atoms with Gasteiger partial charge in [0.25, 0.3) is 11.7 Å². The number of benzene rings is 1. The lowest BCUT2D eigenvalue weighted by Crippen LogP contribution is -2.35. The number of thiophene rings is 1. The summed E-state index contributed by atoms with van der Waals surface area (Å²) < 4.78 is 5.73. The molecular weight excluding hydrogens is 388 g/mol. The number of aliphatic hydroxyl groups is 1. The fraction of sp³-hybridized carbons (Fsp3) is 0.364. The van der Waals surface area contributed by atoms with E-state index >= 15 is 0 Å². The van der Waals surface area contributed by atoms with Gasteiger partial charge in [-0.3, -0.25) is 9.59 Å². The zero-order valence-corrected chi connectivity index (χ0v) is 17.5. The number of hydrogen-bond donors (Lipinski definition) is 1. The summed E-state index contributed by atoms with van der Waals surface area (Å²) in [5.41, 5.74) is 1.69. The fourth-order valence-corrected chi connectivity index (χ4v) is 4.73. The molecule has 2 aromatic rings. The van der Waals surface area contributed by atoms with Gasteiger partial charge in [0.15, 0.2) is 0 Å². The maximum atomic E-state index is 12.9. The van der Waals surface area contributed by atoms with Gasteiger partial charge >= 0.3 is 0 Å². The average molecular weight is 413 g/mol. The average Bonchev–Trinajstić information content (AvgIpc) is 3.38. The molecule has 6 nitrogen and oxygen atoms in total. The largest absolute Gasteiger partial charge is 0.507 e. The third-order valence-electron chi connectivity index (χ3n) is 5.31. The van der Waals surface area contributed by atoms with E-state index in [2.05, 4.69) is 0 Å². The first-order chi connectivity index (χ1) is 13.9. The molecule has 0 unspecified atom stereocenters. The Hall–Kier alpha value is -2.64. The summed E-state index contributed by atoms with van der Waals surface area (Å²) in [6.07, 6.45) is 0.840. The van der Waals surface area contributed by atoms with Gasteiger partial charge in [-0.05, 0) is 56.2 Å². The molecule has 0 spiro atoms. The van der Waals surface area contributed by atoms with Crippen LogP contribution in [0.3, 0.4) is 0 Å². The zero-order valence-electron chi connectivity index (χ0n) is 16.7. The lowest BCUT2D eigenvalue weighted by atomic mass is 9.98. The first-order valence-electron chi connectivity index (χ1n) is 9.63. The Kier molecular flexibility index (Phi) is 5.19. The number of aliphatic hydroxyl groups excluding tert-OH is 1. The van der Waals surface area contributed by atoms with Gasteiger partial charge < -0.3 is 19.6 Å². The van der Waals surface area contributed by atoms with E-state index in [0.29, 0.717) is 18.7 Å². The number of hydrogen-bond acceptors (Lipinski definition) is 6. The van der Waals surface area contributed by atoms with E-state index in [0.717, 1.165) is 22.6 Å². The quantitative estimate of drug-likeness (QED) is 0.464. The third-order valence-corrected chi connectivity index (χ3v) is 6.23. The highest BCUT2D eigenvalue weighted by molar-refractivity contribution is 7.10. The zero-order chi connectivity index (χ0) is 20.7. The van der Waals surface area contributed by atoms with Gasteiger partial charge in [0.2, 0.25) is 0 Å². The third kappa shape index (κ3) is 3.56. The number of amides is 1. The number of rotatable bonds is 5. The Morgan fingerprint density at radius 3 is 2.79 bits per heavy atom. The molecule has 0 aliphatic carbocycles. The molecular formula is C22H24N2O4S. The maximum absolute atomic E-state index is 12.9. The van der Waals surface area contributed by atoms with Crippen LogP contribution in [0.25, 0.3) is 5.76 Å². The minimum Gasteiger partial charge on any atom is -0.507 e. The van der Waals surface area contributed by atoms with Gasteiger partial charge in [0.1, 0.15) is 17.6 Å². The van der Waals surface area contributed by atoms with Gasteiger partial charge in [-0.2, -0.15) is 0 Å². The number of fused-ring (bicyclic) bond motifs is 1. The molecule has 152 valence electrons. The predicted molar refractivity (Wildman–Crippen MR) is 112 cm³/mol. The van der Waals surface area contributed by atoms with Crippen LogP contribution in [0.15, 0.2) is 41.3 Å². The van der Waals surface area contributed by atoms with Crippen molar-refractivity contribution in [2.24, 2.45) is 0 Å². The highest BCUT2D eigenvalue weighted by Gasteiger charge is 2.46. The molecule has 1 fully saturated rings. The first-order valence-corrected chi connectivity index (χ1v) is 10.5. The highest BCUT2D eigenvalue weighted by Crippen LogP contribution is 2.41. The van der Waals surface area contributed by atoms with Gasteiger partial charge in [0, 0.05) is 30.0 Å². The summed E-state index contributed by atoms with van der Waals surface area (Å²) in [7, 11) is 3.84. The molecule has 3 heterocycles. The summed E-state index contributed by atoms with van der Waals surface area (Å²) in [5, 5.41) is 13.0. The lowest BCUT2D eigenvalue weighted by Gasteiger charge is -2.25. The molecule has 1 N–H and O–H groups in total. The van der Waals surface area contributed by atoms with Crippen LogP contribution >= 0.6 is 11.3 Å². The molecule has 0 bridgehead atoms. The SMILES string of the molecule is C[C@H]1Cc2cc(C(O)=C3C(=O)C(=O)N(CCN(C)C)[C@H]3c3cccs3)ccc2O1. The minimum atomic E-state index is -0.634. The molecule has 4 rings (SSSR count). The second kappa shape index (κ2) is 7.65. The molecule has 7 heteroatoms. The molecule has 0 radical (unpaired) electrons. The smallest absolute Gasteiger partial charge is 0.295 e. The second-order valence-corrected chi connectivity index (χ2v) is 8.75. The number of likely N-dealkylation sites (N-methyl/N-ethyl adjacent to an activating group) is 1. The van der Waals surface area contributed by atoms with Crippen molar-refractivity contribution in [3.05, 3.63) is 57.3 Å². The summed E-state index contributed by atoms with van der Waals surface area (Å²) in [6, 6.07) is 8.63. The van der Waals surface area contributed by atoms with E-state index in [9.17, 15) is 14.7 Å². The van der Waals surface area contributed by atoms with Crippen molar-refractivity contribution < 1.29 is 19.4 Å². The second-order valence-electron chi connectivity index (χ2n) is 7.77. The first kappa shape index (κ1) is 19.7. The minimum absolute atomic E-state index is 0.0881. The topological polar surface area (TPSA) is 70.1 Å². The molecule has 1 aromatic heterocycles. The summed E-state index contributed by atoms with van der Waals surface area (Å²) >= 11 is 1.47. The molecule has 1 amide bonds. The normalized spacial score (nSPS) is 23.0. The van der Waals surface area contributed by atoms with Crippen molar-refractivity contribution in [2.75, 3.05) is 27.2 Å². The van der Waals surface area contributed by atoms with Crippen molar-refractivity contribution >= 4 is 28.8 Å². The van der Waals surface area contributed by atoms with Gasteiger partial charge in [-0.25, -0.2) is 0 Å². The van der Waals surface area contributed by atoms with Crippen molar-refractivity contribution in [1.29, 1.82) is 0 Å². The van der Waals surface area contributed by atoms with Crippen molar-refractivity contribution in [1.82, 2.24) is 9.80 Å². The van der Waals surface area contributed by atoms with Crippen LogP contribution in [0, 0.1) is 0 Å². The summed E-state index contributed by atoms with van der Waals surface area (Å²) in [5.74, 6) is -0.526. The van der Waals surface area contributed by atoms with E-state index in [1.54, 1.807) is 11.0 Å². The predicted octanol–water partition coefficient (Wildman–Crippen LogP) is 3.05. The summed E-state index contributed by atoms with van der Waals surface area (Å²) in [4.78, 5) is 30.1. The van der Waals surface area contributed by atoms with Crippen LogP contribution in [0.1, 0.15) is 29.0 Å². The maximum Gasteiger partial charge on any atom is 0.295 e. The molecule has 1 saturated heterocycles. The molecule has 2 aliphatic heterocycles. The van der Waals surface area contributed by atoms with Crippen molar-refractivity contribution in [2.45, 2.75) is 25.5 Å². The van der Waals surface area contributed by atoms with Crippen LogP contribution in [0.2, 0.25) is 0 Å². The van der Waals surface area contributed by atoms with Crippen LogP contribution in [-0.2, 0) is 16.0 Å². The highest BCUT2D eigenvalue weighted by atomic mass is 32.1. The van der Waals surface area contributed by atoms with Gasteiger partial charge in [-0.1, -0.05) is 6.07 Å². The molecule has 2 atom stereocenters. The van der Waals surface area contributed by atoms with Gasteiger partial charge in [0.05, 0.1) is 11.6 Å². The molecule has 0 saturated carbocycles.